The molecule has 0 amide bonds. The first-order valence-electron chi connectivity index (χ1n) is 8.60. The van der Waals surface area contributed by atoms with E-state index < -0.39 is 0 Å². The topological polar surface area (TPSA) is 35.2 Å². The molecule has 0 radical (unpaired) electrons. The maximum Gasteiger partial charge on any atom is 0.147 e. The standard InChI is InChI=1S/C19H21FN4S/c20-18-11-16(17-12-21-22-13-17)3-4-19(18)23-8-5-15(6-9-23)14-24-7-1-2-10-25-24/h1-4,7,10-13,15H,5-6,8-9,14H2,(H,21,22). The Kier molecular flexibility index (Phi) is 4.78. The highest BCUT2D eigenvalue weighted by molar-refractivity contribution is 8.00. The van der Waals surface area contributed by atoms with Crippen LogP contribution in [0.2, 0.25) is 0 Å². The summed E-state index contributed by atoms with van der Waals surface area (Å²) in [6.07, 6.45) is 11.9. The summed E-state index contributed by atoms with van der Waals surface area (Å²) in [5, 5.41) is 8.79. The lowest BCUT2D eigenvalue weighted by Gasteiger charge is -2.35. The van der Waals surface area contributed by atoms with Crippen molar-refractivity contribution in [2.75, 3.05) is 24.5 Å². The Balaban J connectivity index is 1.37. The van der Waals surface area contributed by atoms with E-state index in [4.69, 9.17) is 0 Å². The van der Waals surface area contributed by atoms with E-state index in [0.29, 0.717) is 11.6 Å². The fourth-order valence-corrected chi connectivity index (χ4v) is 4.16. The largest absolute Gasteiger partial charge is 0.369 e. The van der Waals surface area contributed by atoms with Crippen LogP contribution in [0.15, 0.2) is 54.4 Å². The number of hydrogen-bond acceptors (Lipinski definition) is 4. The van der Waals surface area contributed by atoms with Gasteiger partial charge < -0.3 is 9.21 Å². The fraction of sp³-hybridized carbons (Fsp3) is 0.316. The zero-order valence-electron chi connectivity index (χ0n) is 13.9. The molecule has 3 heterocycles. The molecule has 2 aliphatic rings. The lowest BCUT2D eigenvalue weighted by molar-refractivity contribution is 0.355. The van der Waals surface area contributed by atoms with Crippen LogP contribution in [-0.4, -0.2) is 34.1 Å². The molecule has 0 spiro atoms. The average Bonchev–Trinajstić information content (AvgIpc) is 3.18. The van der Waals surface area contributed by atoms with E-state index in [9.17, 15) is 4.39 Å². The first-order chi connectivity index (χ1) is 12.3. The second-order valence-corrected chi connectivity index (χ2v) is 7.41. The highest BCUT2D eigenvalue weighted by Crippen LogP contribution is 2.30. The molecule has 0 saturated carbocycles. The SMILES string of the molecule is Fc1cc(-c2cn[nH]c2)ccc1N1CCC(CN2C=CC=CS2)CC1. The van der Waals surface area contributed by atoms with Crippen molar-refractivity contribution in [2.45, 2.75) is 12.8 Å². The fourth-order valence-electron chi connectivity index (χ4n) is 3.41. The minimum absolute atomic E-state index is 0.156. The lowest BCUT2D eigenvalue weighted by Crippen LogP contribution is -2.37. The molecule has 25 heavy (non-hydrogen) atoms. The number of halogens is 1. The number of rotatable bonds is 4. The molecule has 1 aromatic heterocycles. The molecule has 1 N–H and O–H groups in total. The molecule has 0 atom stereocenters. The second-order valence-electron chi connectivity index (χ2n) is 6.46. The van der Waals surface area contributed by atoms with E-state index in [-0.39, 0.29) is 5.82 Å². The zero-order chi connectivity index (χ0) is 17.1. The lowest BCUT2D eigenvalue weighted by atomic mass is 9.96. The number of piperidine rings is 1. The van der Waals surface area contributed by atoms with Gasteiger partial charge in [0.05, 0.1) is 11.9 Å². The van der Waals surface area contributed by atoms with Gasteiger partial charge >= 0.3 is 0 Å². The number of aromatic nitrogens is 2. The molecule has 0 unspecified atom stereocenters. The maximum absolute atomic E-state index is 14.6. The van der Waals surface area contributed by atoms with Gasteiger partial charge in [0.25, 0.3) is 0 Å². The number of aromatic amines is 1. The Morgan fingerprint density at radius 2 is 2.08 bits per heavy atom. The molecule has 2 aliphatic heterocycles. The Labute approximate surface area is 151 Å². The summed E-state index contributed by atoms with van der Waals surface area (Å²) in [5.41, 5.74) is 2.47. The Bertz CT molecular complexity index is 764. The van der Waals surface area contributed by atoms with E-state index in [1.54, 1.807) is 30.4 Å². The molecule has 2 aromatic rings. The van der Waals surface area contributed by atoms with Gasteiger partial charge in [0.15, 0.2) is 0 Å². The van der Waals surface area contributed by atoms with Gasteiger partial charge in [-0.1, -0.05) is 12.1 Å². The molecule has 0 bridgehead atoms. The van der Waals surface area contributed by atoms with Crippen LogP contribution in [-0.2, 0) is 0 Å². The predicted octanol–water partition coefficient (Wildman–Crippen LogP) is 4.42. The predicted molar refractivity (Wildman–Crippen MR) is 101 cm³/mol. The zero-order valence-corrected chi connectivity index (χ0v) is 14.8. The third kappa shape index (κ3) is 3.74. The minimum atomic E-state index is -0.156. The number of nitrogens with one attached hydrogen (secondary N) is 1. The summed E-state index contributed by atoms with van der Waals surface area (Å²) in [5.74, 6) is 0.505. The Morgan fingerprint density at radius 1 is 1.20 bits per heavy atom. The van der Waals surface area contributed by atoms with Crippen molar-refractivity contribution in [3.05, 3.63) is 60.2 Å². The highest BCUT2D eigenvalue weighted by Gasteiger charge is 2.23. The molecular formula is C19H21FN4S. The third-order valence-corrected chi connectivity index (χ3v) is 5.63. The smallest absolute Gasteiger partial charge is 0.147 e. The summed E-state index contributed by atoms with van der Waals surface area (Å²) in [6.45, 7) is 2.87. The van der Waals surface area contributed by atoms with Gasteiger partial charge in [-0.2, -0.15) is 5.10 Å². The van der Waals surface area contributed by atoms with Crippen LogP contribution in [0.1, 0.15) is 12.8 Å². The first-order valence-corrected chi connectivity index (χ1v) is 9.43. The number of allylic oxidation sites excluding steroid dienone is 2. The Morgan fingerprint density at radius 3 is 2.76 bits per heavy atom. The molecule has 0 aliphatic carbocycles. The molecule has 1 aromatic carbocycles. The molecule has 1 saturated heterocycles. The van der Waals surface area contributed by atoms with Crippen LogP contribution in [0.25, 0.3) is 11.1 Å². The van der Waals surface area contributed by atoms with Crippen LogP contribution >= 0.6 is 11.9 Å². The van der Waals surface area contributed by atoms with Crippen molar-refractivity contribution in [3.63, 3.8) is 0 Å². The summed E-state index contributed by atoms with van der Waals surface area (Å²) in [6, 6.07) is 5.47. The van der Waals surface area contributed by atoms with E-state index in [0.717, 1.165) is 43.6 Å². The number of anilines is 1. The van der Waals surface area contributed by atoms with Crippen molar-refractivity contribution >= 4 is 17.6 Å². The monoisotopic (exact) mass is 356 g/mol. The number of hydrogen-bond donors (Lipinski definition) is 1. The average molecular weight is 356 g/mol. The highest BCUT2D eigenvalue weighted by atomic mass is 32.2. The van der Waals surface area contributed by atoms with E-state index >= 15 is 0 Å². The van der Waals surface area contributed by atoms with E-state index in [2.05, 4.69) is 43.2 Å². The van der Waals surface area contributed by atoms with Crippen molar-refractivity contribution in [2.24, 2.45) is 5.92 Å². The first kappa shape index (κ1) is 16.3. The van der Waals surface area contributed by atoms with Gasteiger partial charge in [-0.3, -0.25) is 5.10 Å². The van der Waals surface area contributed by atoms with Crippen molar-refractivity contribution in [3.8, 4) is 11.1 Å². The maximum atomic E-state index is 14.6. The second kappa shape index (κ2) is 7.35. The summed E-state index contributed by atoms with van der Waals surface area (Å²) < 4.78 is 16.9. The van der Waals surface area contributed by atoms with Crippen LogP contribution in [0.4, 0.5) is 10.1 Å². The molecule has 1 fully saturated rings. The summed E-state index contributed by atoms with van der Waals surface area (Å²) in [4.78, 5) is 2.17. The van der Waals surface area contributed by atoms with Crippen LogP contribution in [0.3, 0.4) is 0 Å². The number of benzene rings is 1. The number of H-pyrrole nitrogens is 1. The molecule has 6 heteroatoms. The normalized spacial score (nSPS) is 18.1. The van der Waals surface area contributed by atoms with E-state index in [1.165, 1.54) is 0 Å². The van der Waals surface area contributed by atoms with Crippen molar-refractivity contribution in [1.29, 1.82) is 0 Å². The molecular weight excluding hydrogens is 335 g/mol. The van der Waals surface area contributed by atoms with Gasteiger partial charge in [-0.25, -0.2) is 4.39 Å². The van der Waals surface area contributed by atoms with Crippen molar-refractivity contribution < 1.29 is 4.39 Å². The van der Waals surface area contributed by atoms with Gasteiger partial charge in [0.2, 0.25) is 0 Å². The summed E-state index contributed by atoms with van der Waals surface area (Å²) in [7, 11) is 0. The van der Waals surface area contributed by atoms with Gasteiger partial charge in [0.1, 0.15) is 5.82 Å². The van der Waals surface area contributed by atoms with Gasteiger partial charge in [0, 0.05) is 37.6 Å². The van der Waals surface area contributed by atoms with Crippen LogP contribution in [0.5, 0.6) is 0 Å². The molecule has 4 rings (SSSR count). The van der Waals surface area contributed by atoms with Gasteiger partial charge in [-0.15, -0.1) is 0 Å². The minimum Gasteiger partial charge on any atom is -0.369 e. The number of nitrogens with zero attached hydrogens (tertiary/aromatic N) is 3. The quantitative estimate of drug-likeness (QED) is 0.823. The third-order valence-electron chi connectivity index (χ3n) is 4.81. The van der Waals surface area contributed by atoms with Crippen LogP contribution in [0, 0.1) is 11.7 Å². The summed E-state index contributed by atoms with van der Waals surface area (Å²) >= 11 is 1.74. The Hall–Kier alpha value is -2.21. The van der Waals surface area contributed by atoms with E-state index in [1.807, 2.05) is 12.1 Å². The van der Waals surface area contributed by atoms with Crippen molar-refractivity contribution in [1.82, 2.24) is 14.5 Å². The molecule has 130 valence electrons. The van der Waals surface area contributed by atoms with Crippen LogP contribution < -0.4 is 4.90 Å². The van der Waals surface area contributed by atoms with Gasteiger partial charge in [-0.05, 0) is 59.9 Å². The molecule has 4 nitrogen and oxygen atoms in total.